The van der Waals surface area contributed by atoms with Crippen LogP contribution in [0.5, 0.6) is 5.75 Å². The molecular formula is C33H37ClN4O4. The summed E-state index contributed by atoms with van der Waals surface area (Å²) in [5, 5.41) is 1.38. The van der Waals surface area contributed by atoms with Crippen molar-refractivity contribution in [2.45, 2.75) is 51.7 Å². The van der Waals surface area contributed by atoms with Crippen LogP contribution in [-0.2, 0) is 35.5 Å². The van der Waals surface area contributed by atoms with Gasteiger partial charge in [0.25, 0.3) is 5.91 Å². The lowest BCUT2D eigenvalue weighted by Gasteiger charge is -2.43. The van der Waals surface area contributed by atoms with Crippen LogP contribution in [-0.4, -0.2) is 76.8 Å². The highest BCUT2D eigenvalue weighted by molar-refractivity contribution is 6.31. The lowest BCUT2D eigenvalue weighted by Crippen LogP contribution is -2.61. The second-order valence-corrected chi connectivity index (χ2v) is 12.3. The Labute approximate surface area is 251 Å². The van der Waals surface area contributed by atoms with Crippen LogP contribution in [0, 0.1) is 12.8 Å². The molecule has 9 heteroatoms. The Morgan fingerprint density at radius 2 is 1.93 bits per heavy atom. The maximum Gasteiger partial charge on any atom is 0.256 e. The first-order chi connectivity index (χ1) is 20.2. The zero-order chi connectivity index (χ0) is 29.7. The number of carbonyl (C=O) groups is 3. The number of hydrogen-bond acceptors (Lipinski definition) is 4. The molecule has 8 nitrogen and oxygen atoms in total. The number of aromatic nitrogens is 1. The Morgan fingerprint density at radius 1 is 1.17 bits per heavy atom. The highest BCUT2D eigenvalue weighted by Crippen LogP contribution is 2.40. The maximum atomic E-state index is 14.4. The maximum absolute atomic E-state index is 14.4. The lowest BCUT2D eigenvalue weighted by molar-refractivity contribution is -0.142. The molecule has 6 rings (SSSR count). The van der Waals surface area contributed by atoms with Crippen molar-refractivity contribution in [3.05, 3.63) is 76.0 Å². The molecule has 1 saturated heterocycles. The number of aryl methyl sites for hydroxylation is 1. The minimum Gasteiger partial charge on any atom is -0.496 e. The summed E-state index contributed by atoms with van der Waals surface area (Å²) in [7, 11) is 3.48. The topological polar surface area (TPSA) is 75.1 Å². The molecule has 220 valence electrons. The number of likely N-dealkylation sites (tertiary alicyclic amines) is 1. The molecule has 1 aromatic heterocycles. The number of rotatable bonds is 8. The van der Waals surface area contributed by atoms with Gasteiger partial charge >= 0.3 is 0 Å². The van der Waals surface area contributed by atoms with Crippen molar-refractivity contribution >= 4 is 40.2 Å². The molecule has 1 saturated carbocycles. The Kier molecular flexibility index (Phi) is 7.51. The van der Waals surface area contributed by atoms with Crippen LogP contribution in [0.15, 0.2) is 43.0 Å². The lowest BCUT2D eigenvalue weighted by atomic mass is 9.97. The van der Waals surface area contributed by atoms with E-state index >= 15 is 0 Å². The largest absolute Gasteiger partial charge is 0.496 e. The predicted octanol–water partition coefficient (Wildman–Crippen LogP) is 4.62. The molecule has 2 aliphatic heterocycles. The van der Waals surface area contributed by atoms with Crippen LogP contribution in [0.25, 0.3) is 10.9 Å². The molecule has 2 fully saturated rings. The van der Waals surface area contributed by atoms with Gasteiger partial charge < -0.3 is 24.0 Å². The van der Waals surface area contributed by atoms with Crippen LogP contribution in [0.4, 0.5) is 0 Å². The van der Waals surface area contributed by atoms with Crippen molar-refractivity contribution in [2.24, 2.45) is 5.92 Å². The molecule has 0 bridgehead atoms. The number of likely N-dealkylation sites (N-methyl/N-ethyl adjacent to an activating group) is 1. The van der Waals surface area contributed by atoms with Gasteiger partial charge in [0.2, 0.25) is 11.8 Å². The molecule has 3 aliphatic rings. The van der Waals surface area contributed by atoms with Gasteiger partial charge in [-0.1, -0.05) is 30.3 Å². The van der Waals surface area contributed by atoms with Gasteiger partial charge in [-0.3, -0.25) is 14.4 Å². The molecule has 0 spiro atoms. The Balaban J connectivity index is 1.36. The summed E-state index contributed by atoms with van der Waals surface area (Å²) in [4.78, 5) is 45.4. The minimum absolute atomic E-state index is 0.0251. The van der Waals surface area contributed by atoms with Crippen LogP contribution in [0.2, 0.25) is 5.02 Å². The molecule has 0 radical (unpaired) electrons. The number of amides is 3. The second kappa shape index (κ2) is 11.1. The number of halogens is 1. The number of ether oxygens (including phenoxy) is 1. The van der Waals surface area contributed by atoms with E-state index in [2.05, 4.69) is 17.2 Å². The third kappa shape index (κ3) is 5.06. The van der Waals surface area contributed by atoms with Crippen molar-refractivity contribution < 1.29 is 19.1 Å². The normalized spacial score (nSPS) is 16.7. The van der Waals surface area contributed by atoms with Crippen molar-refractivity contribution in [2.75, 3.05) is 33.8 Å². The molecule has 2 aromatic carbocycles. The average molecular weight is 589 g/mol. The predicted molar refractivity (Wildman–Crippen MR) is 163 cm³/mol. The monoisotopic (exact) mass is 588 g/mol. The zero-order valence-electron chi connectivity index (χ0n) is 24.5. The van der Waals surface area contributed by atoms with Gasteiger partial charge in [0.1, 0.15) is 12.3 Å². The molecule has 3 amide bonds. The number of carbonyl (C=O) groups excluding carboxylic acids is 3. The number of methoxy groups -OCH3 is 1. The molecule has 3 aromatic rings. The van der Waals surface area contributed by atoms with E-state index < -0.39 is 0 Å². The standard InChI is InChI=1S/C33H37ClN4O4/c1-5-29(39)37-17-24(18-37)35(3)30(40)19-38-27(14-21-9-10-21)31(26-15-23(34)13-20(2)32(26)38)33(41)36-12-11-25-22(16-36)7-6-8-28(25)42-4/h5-8,13,15,21,24H,1,9-12,14,16-19H2,2-4H3. The average Bonchev–Trinajstić information content (AvgIpc) is 3.72. The smallest absolute Gasteiger partial charge is 0.256 e. The Hall–Kier alpha value is -3.78. The van der Waals surface area contributed by atoms with Crippen LogP contribution in [0.3, 0.4) is 0 Å². The van der Waals surface area contributed by atoms with E-state index in [0.29, 0.717) is 42.7 Å². The highest BCUT2D eigenvalue weighted by Gasteiger charge is 2.37. The fourth-order valence-corrected chi connectivity index (χ4v) is 6.76. The number of nitrogens with zero attached hydrogens (tertiary/aromatic N) is 4. The zero-order valence-corrected chi connectivity index (χ0v) is 25.2. The van der Waals surface area contributed by atoms with Crippen LogP contribution < -0.4 is 4.74 Å². The summed E-state index contributed by atoms with van der Waals surface area (Å²) in [6.07, 6.45) is 5.01. The SMILES string of the molecule is C=CC(=O)N1CC(N(C)C(=O)Cn2c(CC3CC3)c(C(=O)N3CCc4c(cccc4OC)C3)c3cc(Cl)cc(C)c32)C1. The van der Waals surface area contributed by atoms with Crippen LogP contribution in [0.1, 0.15) is 45.6 Å². The van der Waals surface area contributed by atoms with E-state index in [9.17, 15) is 14.4 Å². The fourth-order valence-electron chi connectivity index (χ4n) is 6.49. The molecule has 0 unspecified atom stereocenters. The molecule has 0 N–H and O–H groups in total. The first-order valence-electron chi connectivity index (χ1n) is 14.6. The first kappa shape index (κ1) is 28.3. The van der Waals surface area contributed by atoms with Gasteiger partial charge in [-0.15, -0.1) is 0 Å². The van der Waals surface area contributed by atoms with Gasteiger partial charge in [-0.2, -0.15) is 0 Å². The minimum atomic E-state index is -0.121. The molecule has 0 atom stereocenters. The van der Waals surface area contributed by atoms with Gasteiger partial charge in [0, 0.05) is 54.9 Å². The van der Waals surface area contributed by atoms with Crippen molar-refractivity contribution in [1.29, 1.82) is 0 Å². The van der Waals surface area contributed by atoms with Crippen molar-refractivity contribution in [3.63, 3.8) is 0 Å². The summed E-state index contributed by atoms with van der Waals surface area (Å²) < 4.78 is 7.64. The highest BCUT2D eigenvalue weighted by atomic mass is 35.5. The summed E-state index contributed by atoms with van der Waals surface area (Å²) in [5.41, 5.74) is 5.65. The molecule has 3 heterocycles. The van der Waals surface area contributed by atoms with E-state index in [-0.39, 0.29) is 30.3 Å². The molecule has 1 aliphatic carbocycles. The third-order valence-corrected chi connectivity index (χ3v) is 9.34. The Bertz CT molecular complexity index is 1600. The Morgan fingerprint density at radius 3 is 2.62 bits per heavy atom. The van der Waals surface area contributed by atoms with Gasteiger partial charge in [0.15, 0.2) is 0 Å². The quantitative estimate of drug-likeness (QED) is 0.360. The van der Waals surface area contributed by atoms with Gasteiger partial charge in [-0.05, 0) is 73.9 Å². The number of fused-ring (bicyclic) bond motifs is 2. The summed E-state index contributed by atoms with van der Waals surface area (Å²) >= 11 is 6.58. The molecular weight excluding hydrogens is 552 g/mol. The van der Waals surface area contributed by atoms with Crippen LogP contribution >= 0.6 is 11.6 Å². The summed E-state index contributed by atoms with van der Waals surface area (Å²) in [6.45, 7) is 7.74. The van der Waals surface area contributed by atoms with Crippen molar-refractivity contribution in [1.82, 2.24) is 19.3 Å². The number of benzene rings is 2. The summed E-state index contributed by atoms with van der Waals surface area (Å²) in [6, 6.07) is 9.73. The van der Waals surface area contributed by atoms with E-state index in [0.717, 1.165) is 64.7 Å². The summed E-state index contributed by atoms with van der Waals surface area (Å²) in [5.74, 6) is 1.17. The fraction of sp³-hybridized carbons (Fsp3) is 0.424. The first-order valence-corrected chi connectivity index (χ1v) is 15.0. The number of hydrogen-bond donors (Lipinski definition) is 0. The van der Waals surface area contributed by atoms with E-state index in [1.807, 2.05) is 36.1 Å². The van der Waals surface area contributed by atoms with Gasteiger partial charge in [0.05, 0.1) is 24.2 Å². The van der Waals surface area contributed by atoms with Crippen molar-refractivity contribution in [3.8, 4) is 5.75 Å². The van der Waals surface area contributed by atoms with E-state index in [4.69, 9.17) is 16.3 Å². The van der Waals surface area contributed by atoms with E-state index in [1.54, 1.807) is 24.0 Å². The van der Waals surface area contributed by atoms with E-state index in [1.165, 1.54) is 6.08 Å². The molecule has 42 heavy (non-hydrogen) atoms. The second-order valence-electron chi connectivity index (χ2n) is 11.9. The third-order valence-electron chi connectivity index (χ3n) is 9.12. The van der Waals surface area contributed by atoms with Gasteiger partial charge in [-0.25, -0.2) is 0 Å².